The van der Waals surface area contributed by atoms with E-state index in [1.165, 1.54) is 51.7 Å². The second kappa shape index (κ2) is 7.61. The predicted molar refractivity (Wildman–Crippen MR) is 80.5 cm³/mol. The zero-order valence-electron chi connectivity index (χ0n) is 12.9. The molecule has 1 unspecified atom stereocenters. The van der Waals surface area contributed by atoms with Gasteiger partial charge in [-0.3, -0.25) is 4.90 Å². The molecule has 1 saturated carbocycles. The van der Waals surface area contributed by atoms with Gasteiger partial charge in [-0.25, -0.2) is 0 Å². The first-order chi connectivity index (χ1) is 9.28. The standard InChI is InChI=1S/C16H32N2O/c1-3-9-17-13-16(7-5-6-8-16)14-18-10-11-19-15(4-2)12-18/h15,17H,3-14H2,1-2H3. The van der Waals surface area contributed by atoms with Gasteiger partial charge < -0.3 is 10.1 Å². The van der Waals surface area contributed by atoms with Crippen molar-refractivity contribution in [2.75, 3.05) is 39.3 Å². The molecule has 0 aromatic rings. The quantitative estimate of drug-likeness (QED) is 0.718. The lowest BCUT2D eigenvalue weighted by atomic mass is 9.85. The van der Waals surface area contributed by atoms with Crippen molar-refractivity contribution in [3.63, 3.8) is 0 Å². The Bertz CT molecular complexity index is 251. The summed E-state index contributed by atoms with van der Waals surface area (Å²) in [4.78, 5) is 2.66. The molecule has 2 fully saturated rings. The van der Waals surface area contributed by atoms with Crippen LogP contribution in [0.1, 0.15) is 52.4 Å². The zero-order chi connectivity index (χ0) is 13.6. The lowest BCUT2D eigenvalue weighted by molar-refractivity contribution is -0.0420. The second-order valence-corrected chi connectivity index (χ2v) is 6.52. The van der Waals surface area contributed by atoms with E-state index in [2.05, 4.69) is 24.1 Å². The van der Waals surface area contributed by atoms with E-state index in [4.69, 9.17) is 4.74 Å². The molecule has 2 aliphatic rings. The Morgan fingerprint density at radius 3 is 2.74 bits per heavy atom. The van der Waals surface area contributed by atoms with Crippen LogP contribution in [0.2, 0.25) is 0 Å². The summed E-state index contributed by atoms with van der Waals surface area (Å²) >= 11 is 0. The minimum atomic E-state index is 0.468. The summed E-state index contributed by atoms with van der Waals surface area (Å²) in [5.41, 5.74) is 0.546. The molecule has 1 atom stereocenters. The summed E-state index contributed by atoms with van der Waals surface area (Å²) in [5.74, 6) is 0. The zero-order valence-corrected chi connectivity index (χ0v) is 12.9. The average Bonchev–Trinajstić information content (AvgIpc) is 2.88. The van der Waals surface area contributed by atoms with Gasteiger partial charge in [0.25, 0.3) is 0 Å². The number of nitrogens with zero attached hydrogens (tertiary/aromatic N) is 1. The molecule has 112 valence electrons. The Balaban J connectivity index is 1.85. The highest BCUT2D eigenvalue weighted by Crippen LogP contribution is 2.38. The molecule has 2 rings (SSSR count). The van der Waals surface area contributed by atoms with Crippen LogP contribution in [0, 0.1) is 5.41 Å². The molecule has 1 aliphatic carbocycles. The molecule has 0 radical (unpaired) electrons. The summed E-state index contributed by atoms with van der Waals surface area (Å²) in [7, 11) is 0. The lowest BCUT2D eigenvalue weighted by Crippen LogP contribution is -2.49. The monoisotopic (exact) mass is 268 g/mol. The summed E-state index contributed by atoms with van der Waals surface area (Å²) in [6, 6.07) is 0. The van der Waals surface area contributed by atoms with Gasteiger partial charge in [0, 0.05) is 26.2 Å². The lowest BCUT2D eigenvalue weighted by Gasteiger charge is -2.39. The second-order valence-electron chi connectivity index (χ2n) is 6.52. The van der Waals surface area contributed by atoms with E-state index in [1.54, 1.807) is 0 Å². The van der Waals surface area contributed by atoms with E-state index in [1.807, 2.05) is 0 Å². The Kier molecular flexibility index (Phi) is 6.11. The third kappa shape index (κ3) is 4.44. The van der Waals surface area contributed by atoms with Gasteiger partial charge in [0.05, 0.1) is 12.7 Å². The number of hydrogen-bond acceptors (Lipinski definition) is 3. The third-order valence-electron chi connectivity index (χ3n) is 4.83. The highest BCUT2D eigenvalue weighted by molar-refractivity contribution is 4.90. The fraction of sp³-hybridized carbons (Fsp3) is 1.00. The van der Waals surface area contributed by atoms with Gasteiger partial charge in [-0.15, -0.1) is 0 Å². The van der Waals surface area contributed by atoms with E-state index in [0.29, 0.717) is 11.5 Å². The van der Waals surface area contributed by atoms with Crippen molar-refractivity contribution >= 4 is 0 Å². The number of hydrogen-bond donors (Lipinski definition) is 1. The van der Waals surface area contributed by atoms with Crippen LogP contribution in [-0.4, -0.2) is 50.3 Å². The third-order valence-corrected chi connectivity index (χ3v) is 4.83. The molecule has 19 heavy (non-hydrogen) atoms. The Labute approximate surface area is 119 Å². The largest absolute Gasteiger partial charge is 0.376 e. The molecule has 1 aliphatic heterocycles. The van der Waals surface area contributed by atoms with Gasteiger partial charge >= 0.3 is 0 Å². The number of ether oxygens (including phenoxy) is 1. The van der Waals surface area contributed by atoms with Gasteiger partial charge in [0.2, 0.25) is 0 Å². The summed E-state index contributed by atoms with van der Waals surface area (Å²) < 4.78 is 5.80. The smallest absolute Gasteiger partial charge is 0.0700 e. The first kappa shape index (κ1) is 15.3. The van der Waals surface area contributed by atoms with Crippen LogP contribution in [0.25, 0.3) is 0 Å². The van der Waals surface area contributed by atoms with Crippen molar-refractivity contribution in [3.8, 4) is 0 Å². The Morgan fingerprint density at radius 2 is 2.05 bits per heavy atom. The van der Waals surface area contributed by atoms with Crippen molar-refractivity contribution < 1.29 is 4.74 Å². The molecule has 3 heteroatoms. The minimum Gasteiger partial charge on any atom is -0.376 e. The van der Waals surface area contributed by atoms with Crippen LogP contribution in [-0.2, 0) is 4.74 Å². The molecule has 3 nitrogen and oxygen atoms in total. The van der Waals surface area contributed by atoms with E-state index in [0.717, 1.165) is 26.1 Å². The van der Waals surface area contributed by atoms with E-state index >= 15 is 0 Å². The first-order valence-electron chi connectivity index (χ1n) is 8.33. The first-order valence-corrected chi connectivity index (χ1v) is 8.33. The van der Waals surface area contributed by atoms with Crippen molar-refractivity contribution in [1.82, 2.24) is 10.2 Å². The molecule has 1 saturated heterocycles. The normalized spacial score (nSPS) is 27.8. The molecule has 1 N–H and O–H groups in total. The van der Waals surface area contributed by atoms with Gasteiger partial charge in [0.15, 0.2) is 0 Å². The molecule has 0 aromatic carbocycles. The molecular weight excluding hydrogens is 236 g/mol. The summed E-state index contributed by atoms with van der Waals surface area (Å²) in [6.45, 7) is 11.4. The highest BCUT2D eigenvalue weighted by Gasteiger charge is 2.36. The maximum absolute atomic E-state index is 5.80. The van der Waals surface area contributed by atoms with Crippen LogP contribution < -0.4 is 5.32 Å². The predicted octanol–water partition coefficient (Wildman–Crippen LogP) is 2.66. The summed E-state index contributed by atoms with van der Waals surface area (Å²) in [6.07, 6.45) is 8.54. The van der Waals surface area contributed by atoms with Gasteiger partial charge in [-0.2, -0.15) is 0 Å². The number of morpholine rings is 1. The van der Waals surface area contributed by atoms with E-state index in [-0.39, 0.29) is 0 Å². The topological polar surface area (TPSA) is 24.5 Å². The van der Waals surface area contributed by atoms with Crippen LogP contribution in [0.3, 0.4) is 0 Å². The van der Waals surface area contributed by atoms with Gasteiger partial charge in [-0.1, -0.05) is 26.7 Å². The molecule has 1 heterocycles. The number of nitrogens with one attached hydrogen (secondary N) is 1. The molecule has 0 bridgehead atoms. The fourth-order valence-electron chi connectivity index (χ4n) is 3.69. The van der Waals surface area contributed by atoms with E-state index in [9.17, 15) is 0 Å². The SMILES string of the molecule is CCCNCC1(CN2CCOC(CC)C2)CCCC1. The molecule has 0 spiro atoms. The Hall–Kier alpha value is -0.120. The van der Waals surface area contributed by atoms with Crippen LogP contribution in [0.5, 0.6) is 0 Å². The van der Waals surface area contributed by atoms with Crippen molar-refractivity contribution in [2.45, 2.75) is 58.5 Å². The fourth-order valence-corrected chi connectivity index (χ4v) is 3.69. The maximum atomic E-state index is 5.80. The minimum absolute atomic E-state index is 0.468. The van der Waals surface area contributed by atoms with Crippen molar-refractivity contribution in [3.05, 3.63) is 0 Å². The molecular formula is C16H32N2O. The van der Waals surface area contributed by atoms with Crippen LogP contribution in [0.15, 0.2) is 0 Å². The maximum Gasteiger partial charge on any atom is 0.0700 e. The molecule has 0 amide bonds. The Morgan fingerprint density at radius 1 is 1.26 bits per heavy atom. The van der Waals surface area contributed by atoms with Crippen molar-refractivity contribution in [1.29, 1.82) is 0 Å². The summed E-state index contributed by atoms with van der Waals surface area (Å²) in [5, 5.41) is 3.67. The average molecular weight is 268 g/mol. The van der Waals surface area contributed by atoms with Crippen molar-refractivity contribution in [2.24, 2.45) is 5.41 Å². The number of rotatable bonds is 7. The van der Waals surface area contributed by atoms with Crippen LogP contribution in [0.4, 0.5) is 0 Å². The van der Waals surface area contributed by atoms with E-state index < -0.39 is 0 Å². The van der Waals surface area contributed by atoms with Gasteiger partial charge in [0.1, 0.15) is 0 Å². The molecule has 0 aromatic heterocycles. The highest BCUT2D eigenvalue weighted by atomic mass is 16.5. The van der Waals surface area contributed by atoms with Gasteiger partial charge in [-0.05, 0) is 37.6 Å². The van der Waals surface area contributed by atoms with Crippen LogP contribution >= 0.6 is 0 Å².